The van der Waals surface area contributed by atoms with E-state index in [4.69, 9.17) is 5.11 Å². The topological polar surface area (TPSA) is 78.4 Å². The minimum Gasteiger partial charge on any atom is -0.396 e. The molecule has 1 aromatic carbocycles. The Labute approximate surface area is 121 Å². The van der Waals surface area contributed by atoms with Crippen molar-refractivity contribution in [3.05, 3.63) is 29.8 Å². The molecule has 0 radical (unpaired) electrons. The summed E-state index contributed by atoms with van der Waals surface area (Å²) in [5, 5.41) is 12.4. The molecule has 2 atom stereocenters. The van der Waals surface area contributed by atoms with Gasteiger partial charge in [-0.15, -0.1) is 0 Å². The SMILES string of the molecule is CCC(CCO)NC(C)c1cccc(S(=O)(=O)NC)c1. The van der Waals surface area contributed by atoms with Crippen LogP contribution in [0.15, 0.2) is 29.2 Å². The van der Waals surface area contributed by atoms with E-state index >= 15 is 0 Å². The lowest BCUT2D eigenvalue weighted by Gasteiger charge is -2.22. The minimum absolute atomic E-state index is 0.0264. The molecule has 0 fully saturated rings. The zero-order valence-corrected chi connectivity index (χ0v) is 13.1. The fourth-order valence-corrected chi connectivity index (χ4v) is 2.86. The molecule has 0 aliphatic carbocycles. The number of aliphatic hydroxyl groups is 1. The Hall–Kier alpha value is -0.950. The maximum Gasteiger partial charge on any atom is 0.240 e. The van der Waals surface area contributed by atoms with Crippen LogP contribution in [0.4, 0.5) is 0 Å². The van der Waals surface area contributed by atoms with E-state index < -0.39 is 10.0 Å². The lowest BCUT2D eigenvalue weighted by atomic mass is 10.1. The van der Waals surface area contributed by atoms with Gasteiger partial charge in [-0.1, -0.05) is 19.1 Å². The van der Waals surface area contributed by atoms with E-state index in [1.165, 1.54) is 7.05 Å². The summed E-state index contributed by atoms with van der Waals surface area (Å²) in [4.78, 5) is 0.265. The predicted octanol–water partition coefficient (Wildman–Crippen LogP) is 1.41. The summed E-state index contributed by atoms with van der Waals surface area (Å²) >= 11 is 0. The molecule has 0 saturated heterocycles. The molecule has 3 N–H and O–H groups in total. The van der Waals surface area contributed by atoms with E-state index in [-0.39, 0.29) is 23.6 Å². The molecule has 0 bridgehead atoms. The van der Waals surface area contributed by atoms with E-state index in [0.717, 1.165) is 12.0 Å². The average Bonchev–Trinajstić information content (AvgIpc) is 2.46. The Morgan fingerprint density at radius 2 is 2.05 bits per heavy atom. The third-order valence-electron chi connectivity index (χ3n) is 3.39. The zero-order chi connectivity index (χ0) is 15.2. The molecule has 114 valence electrons. The molecule has 0 aromatic heterocycles. The second-order valence-electron chi connectivity index (χ2n) is 4.79. The predicted molar refractivity (Wildman–Crippen MR) is 80.0 cm³/mol. The standard InChI is InChI=1S/C14H24N2O3S/c1-4-13(8-9-17)16-11(2)12-6-5-7-14(10-12)20(18,19)15-3/h5-7,10-11,13,15-17H,4,8-9H2,1-3H3. The van der Waals surface area contributed by atoms with E-state index in [1.807, 2.05) is 13.0 Å². The molecule has 0 amide bonds. The first kappa shape index (κ1) is 17.1. The lowest BCUT2D eigenvalue weighted by molar-refractivity contribution is 0.257. The van der Waals surface area contributed by atoms with Crippen molar-refractivity contribution in [1.29, 1.82) is 0 Å². The van der Waals surface area contributed by atoms with E-state index in [2.05, 4.69) is 17.0 Å². The van der Waals surface area contributed by atoms with Gasteiger partial charge in [0.05, 0.1) is 4.90 Å². The van der Waals surface area contributed by atoms with Crippen LogP contribution in [0, 0.1) is 0 Å². The van der Waals surface area contributed by atoms with E-state index in [1.54, 1.807) is 18.2 Å². The number of hydrogen-bond acceptors (Lipinski definition) is 4. The molecule has 0 saturated carbocycles. The molecule has 0 aliphatic heterocycles. The van der Waals surface area contributed by atoms with Crippen LogP contribution in [0.2, 0.25) is 0 Å². The maximum absolute atomic E-state index is 11.8. The van der Waals surface area contributed by atoms with Gasteiger partial charge in [-0.3, -0.25) is 0 Å². The van der Waals surface area contributed by atoms with Crippen molar-refractivity contribution in [3.63, 3.8) is 0 Å². The van der Waals surface area contributed by atoms with Crippen LogP contribution < -0.4 is 10.0 Å². The van der Waals surface area contributed by atoms with Crippen LogP contribution in [-0.4, -0.2) is 33.2 Å². The van der Waals surface area contributed by atoms with E-state index in [0.29, 0.717) is 6.42 Å². The summed E-state index contributed by atoms with van der Waals surface area (Å²) in [6.45, 7) is 4.19. The summed E-state index contributed by atoms with van der Waals surface area (Å²) in [6, 6.07) is 7.14. The summed E-state index contributed by atoms with van der Waals surface area (Å²) in [6.07, 6.45) is 1.61. The first-order valence-electron chi connectivity index (χ1n) is 6.85. The fraction of sp³-hybridized carbons (Fsp3) is 0.571. The first-order chi connectivity index (χ1) is 9.44. The van der Waals surface area contributed by atoms with Crippen molar-refractivity contribution in [3.8, 4) is 0 Å². The molecular weight excluding hydrogens is 276 g/mol. The number of rotatable bonds is 8. The van der Waals surface area contributed by atoms with Gasteiger partial charge in [-0.25, -0.2) is 13.1 Å². The van der Waals surface area contributed by atoms with Gasteiger partial charge in [-0.2, -0.15) is 0 Å². The van der Waals surface area contributed by atoms with Crippen molar-refractivity contribution >= 4 is 10.0 Å². The van der Waals surface area contributed by atoms with Crippen LogP contribution in [0.1, 0.15) is 38.3 Å². The number of hydrogen-bond donors (Lipinski definition) is 3. The third kappa shape index (κ3) is 4.56. The van der Waals surface area contributed by atoms with Crippen LogP contribution in [0.3, 0.4) is 0 Å². The van der Waals surface area contributed by atoms with Crippen LogP contribution >= 0.6 is 0 Å². The molecule has 6 heteroatoms. The smallest absolute Gasteiger partial charge is 0.240 e. The summed E-state index contributed by atoms with van der Waals surface area (Å²) in [5.74, 6) is 0. The van der Waals surface area contributed by atoms with Gasteiger partial charge in [0.1, 0.15) is 0 Å². The summed E-state index contributed by atoms with van der Waals surface area (Å²) < 4.78 is 25.9. The minimum atomic E-state index is -3.42. The molecule has 0 spiro atoms. The van der Waals surface area contributed by atoms with Gasteiger partial charge >= 0.3 is 0 Å². The molecule has 5 nitrogen and oxygen atoms in total. The molecule has 1 rings (SSSR count). The highest BCUT2D eigenvalue weighted by Gasteiger charge is 2.15. The highest BCUT2D eigenvalue weighted by atomic mass is 32.2. The van der Waals surface area contributed by atoms with Gasteiger partial charge in [0.25, 0.3) is 0 Å². The van der Waals surface area contributed by atoms with Crippen molar-refractivity contribution in [2.24, 2.45) is 0 Å². The zero-order valence-electron chi connectivity index (χ0n) is 12.3. The average molecular weight is 300 g/mol. The molecular formula is C14H24N2O3S. The summed E-state index contributed by atoms with van der Waals surface area (Å²) in [7, 11) is -2.02. The van der Waals surface area contributed by atoms with Gasteiger partial charge in [0.15, 0.2) is 0 Å². The number of aliphatic hydroxyl groups excluding tert-OH is 1. The van der Waals surface area contributed by atoms with Gasteiger partial charge in [0, 0.05) is 18.7 Å². The van der Waals surface area contributed by atoms with Gasteiger partial charge in [0.2, 0.25) is 10.0 Å². The number of sulfonamides is 1. The molecule has 0 heterocycles. The third-order valence-corrected chi connectivity index (χ3v) is 4.81. The fourth-order valence-electron chi connectivity index (χ4n) is 2.08. The van der Waals surface area contributed by atoms with Crippen molar-refractivity contribution in [2.45, 2.75) is 43.7 Å². The van der Waals surface area contributed by atoms with Crippen LogP contribution in [0.5, 0.6) is 0 Å². The molecule has 2 unspecified atom stereocenters. The Morgan fingerprint density at radius 1 is 1.35 bits per heavy atom. The quantitative estimate of drug-likeness (QED) is 0.678. The second-order valence-corrected chi connectivity index (χ2v) is 6.67. The Kier molecular flexibility index (Phi) is 6.61. The van der Waals surface area contributed by atoms with Crippen molar-refractivity contribution in [1.82, 2.24) is 10.0 Å². The number of nitrogens with one attached hydrogen (secondary N) is 2. The Morgan fingerprint density at radius 3 is 2.60 bits per heavy atom. The van der Waals surface area contributed by atoms with Gasteiger partial charge in [-0.05, 0) is 44.5 Å². The monoisotopic (exact) mass is 300 g/mol. The van der Waals surface area contributed by atoms with Gasteiger partial charge < -0.3 is 10.4 Å². The first-order valence-corrected chi connectivity index (χ1v) is 8.33. The van der Waals surface area contributed by atoms with Crippen molar-refractivity contribution < 1.29 is 13.5 Å². The maximum atomic E-state index is 11.8. The van der Waals surface area contributed by atoms with E-state index in [9.17, 15) is 8.42 Å². The molecule has 0 aliphatic rings. The normalized spacial score (nSPS) is 15.0. The molecule has 20 heavy (non-hydrogen) atoms. The highest BCUT2D eigenvalue weighted by molar-refractivity contribution is 7.89. The van der Waals surface area contributed by atoms with Crippen molar-refractivity contribution in [2.75, 3.05) is 13.7 Å². The second kappa shape index (κ2) is 7.73. The van der Waals surface area contributed by atoms with Crippen LogP contribution in [0.25, 0.3) is 0 Å². The number of benzene rings is 1. The van der Waals surface area contributed by atoms with Crippen LogP contribution in [-0.2, 0) is 10.0 Å². The lowest BCUT2D eigenvalue weighted by Crippen LogP contribution is -2.32. The Balaban J connectivity index is 2.89. The summed E-state index contributed by atoms with van der Waals surface area (Å²) in [5.41, 5.74) is 0.915. The largest absolute Gasteiger partial charge is 0.396 e. The molecule has 1 aromatic rings. The highest BCUT2D eigenvalue weighted by Crippen LogP contribution is 2.18. The Bertz CT molecular complexity index is 517.